The van der Waals surface area contributed by atoms with Gasteiger partial charge in [-0.25, -0.2) is 0 Å². The zero-order chi connectivity index (χ0) is 14.4. The summed E-state index contributed by atoms with van der Waals surface area (Å²) in [7, 11) is 3.69. The van der Waals surface area contributed by atoms with Gasteiger partial charge in [0.25, 0.3) is 0 Å². The Morgan fingerprint density at radius 1 is 1.42 bits per heavy atom. The Bertz CT molecular complexity index is 392. The SMILES string of the molecule is CCc1nn(C)c(CC(C)C(C)NCCOC)c1Cl. The average Bonchev–Trinajstić information content (AvgIpc) is 2.66. The van der Waals surface area contributed by atoms with E-state index in [1.807, 2.05) is 11.7 Å². The molecular weight excluding hydrogens is 262 g/mol. The van der Waals surface area contributed by atoms with Gasteiger partial charge < -0.3 is 10.1 Å². The molecule has 19 heavy (non-hydrogen) atoms. The van der Waals surface area contributed by atoms with Crippen LogP contribution in [0.15, 0.2) is 0 Å². The molecule has 0 spiro atoms. The van der Waals surface area contributed by atoms with Crippen LogP contribution in [0.25, 0.3) is 0 Å². The van der Waals surface area contributed by atoms with Crippen molar-refractivity contribution in [2.45, 2.75) is 39.7 Å². The van der Waals surface area contributed by atoms with Gasteiger partial charge in [0.2, 0.25) is 0 Å². The van der Waals surface area contributed by atoms with Crippen molar-refractivity contribution in [1.82, 2.24) is 15.1 Å². The van der Waals surface area contributed by atoms with Gasteiger partial charge in [0.15, 0.2) is 0 Å². The number of hydrogen-bond acceptors (Lipinski definition) is 3. The lowest BCUT2D eigenvalue weighted by atomic mass is 9.97. The fraction of sp³-hybridized carbons (Fsp3) is 0.786. The van der Waals surface area contributed by atoms with Gasteiger partial charge in [0, 0.05) is 26.7 Å². The second-order valence-electron chi connectivity index (χ2n) is 5.10. The van der Waals surface area contributed by atoms with Gasteiger partial charge in [-0.2, -0.15) is 5.10 Å². The Morgan fingerprint density at radius 3 is 2.63 bits per heavy atom. The fourth-order valence-electron chi connectivity index (χ4n) is 2.11. The topological polar surface area (TPSA) is 39.1 Å². The van der Waals surface area contributed by atoms with Crippen LogP contribution < -0.4 is 5.32 Å². The van der Waals surface area contributed by atoms with E-state index < -0.39 is 0 Å². The predicted molar refractivity (Wildman–Crippen MR) is 79.8 cm³/mol. The molecule has 2 atom stereocenters. The molecule has 1 rings (SSSR count). The highest BCUT2D eigenvalue weighted by Gasteiger charge is 2.18. The van der Waals surface area contributed by atoms with Crippen LogP contribution in [0.2, 0.25) is 5.02 Å². The van der Waals surface area contributed by atoms with E-state index in [9.17, 15) is 0 Å². The monoisotopic (exact) mass is 287 g/mol. The second kappa shape index (κ2) is 7.88. The van der Waals surface area contributed by atoms with E-state index in [4.69, 9.17) is 16.3 Å². The lowest BCUT2D eigenvalue weighted by Gasteiger charge is -2.21. The van der Waals surface area contributed by atoms with Gasteiger partial charge in [-0.15, -0.1) is 0 Å². The summed E-state index contributed by atoms with van der Waals surface area (Å²) in [6.45, 7) is 8.13. The van der Waals surface area contributed by atoms with Crippen LogP contribution >= 0.6 is 11.6 Å². The summed E-state index contributed by atoms with van der Waals surface area (Å²) < 4.78 is 6.96. The third-order valence-corrected chi connectivity index (χ3v) is 4.08. The molecule has 5 heteroatoms. The predicted octanol–water partition coefficient (Wildman–Crippen LogP) is 2.44. The second-order valence-corrected chi connectivity index (χ2v) is 5.48. The fourth-order valence-corrected chi connectivity index (χ4v) is 2.48. The average molecular weight is 288 g/mol. The van der Waals surface area contributed by atoms with Crippen LogP contribution in [0, 0.1) is 5.92 Å². The van der Waals surface area contributed by atoms with Crippen molar-refractivity contribution < 1.29 is 4.74 Å². The van der Waals surface area contributed by atoms with Crippen molar-refractivity contribution in [1.29, 1.82) is 0 Å². The van der Waals surface area contributed by atoms with Crippen molar-refractivity contribution in [3.63, 3.8) is 0 Å². The van der Waals surface area contributed by atoms with Gasteiger partial charge in [-0.05, 0) is 25.7 Å². The Hall–Kier alpha value is -0.580. The van der Waals surface area contributed by atoms with Gasteiger partial charge in [0.1, 0.15) is 0 Å². The summed E-state index contributed by atoms with van der Waals surface area (Å²) in [5.41, 5.74) is 2.12. The molecule has 1 aromatic heterocycles. The third kappa shape index (κ3) is 4.48. The van der Waals surface area contributed by atoms with E-state index in [0.717, 1.165) is 42.4 Å². The number of halogens is 1. The molecule has 4 nitrogen and oxygen atoms in total. The smallest absolute Gasteiger partial charge is 0.0849 e. The van der Waals surface area contributed by atoms with Crippen molar-refractivity contribution in [3.05, 3.63) is 16.4 Å². The standard InChI is InChI=1S/C14H26ClN3O/c1-6-12-14(15)13(18(4)17-12)9-10(2)11(3)16-7-8-19-5/h10-11,16H,6-9H2,1-5H3. The molecule has 0 radical (unpaired) electrons. The molecule has 110 valence electrons. The van der Waals surface area contributed by atoms with Crippen molar-refractivity contribution in [3.8, 4) is 0 Å². The number of aryl methyl sites for hydroxylation is 2. The highest BCUT2D eigenvalue weighted by molar-refractivity contribution is 6.31. The number of nitrogens with one attached hydrogen (secondary N) is 1. The maximum atomic E-state index is 6.38. The van der Waals surface area contributed by atoms with Gasteiger partial charge >= 0.3 is 0 Å². The molecule has 0 fully saturated rings. The van der Waals surface area contributed by atoms with Crippen molar-refractivity contribution in [2.75, 3.05) is 20.3 Å². The lowest BCUT2D eigenvalue weighted by Crippen LogP contribution is -2.35. The molecular formula is C14H26ClN3O. The molecule has 0 saturated carbocycles. The minimum Gasteiger partial charge on any atom is -0.383 e. The summed E-state index contributed by atoms with van der Waals surface area (Å²) in [4.78, 5) is 0. The van der Waals surface area contributed by atoms with Crippen LogP contribution in [0.1, 0.15) is 32.2 Å². The van der Waals surface area contributed by atoms with Crippen LogP contribution in [0.5, 0.6) is 0 Å². The normalized spacial score (nSPS) is 14.6. The van der Waals surface area contributed by atoms with E-state index in [1.165, 1.54) is 0 Å². The zero-order valence-corrected chi connectivity index (χ0v) is 13.4. The molecule has 1 aromatic rings. The summed E-state index contributed by atoms with van der Waals surface area (Å²) in [6.07, 6.45) is 1.81. The largest absolute Gasteiger partial charge is 0.383 e. The summed E-state index contributed by atoms with van der Waals surface area (Å²) in [5, 5.41) is 8.76. The molecule has 0 amide bonds. The first kappa shape index (κ1) is 16.5. The minimum absolute atomic E-state index is 0.422. The van der Waals surface area contributed by atoms with Gasteiger partial charge in [-0.3, -0.25) is 4.68 Å². The molecule has 1 heterocycles. The zero-order valence-electron chi connectivity index (χ0n) is 12.7. The highest BCUT2D eigenvalue weighted by Crippen LogP contribution is 2.24. The first-order valence-electron chi connectivity index (χ1n) is 6.93. The summed E-state index contributed by atoms with van der Waals surface area (Å²) in [5.74, 6) is 0.495. The van der Waals surface area contributed by atoms with Crippen LogP contribution in [0.4, 0.5) is 0 Å². The lowest BCUT2D eigenvalue weighted by molar-refractivity contribution is 0.192. The first-order chi connectivity index (χ1) is 9.01. The van der Waals surface area contributed by atoms with Gasteiger partial charge in [-0.1, -0.05) is 25.4 Å². The van der Waals surface area contributed by atoms with E-state index in [1.54, 1.807) is 7.11 Å². The third-order valence-electron chi connectivity index (χ3n) is 3.64. The van der Waals surface area contributed by atoms with E-state index in [2.05, 4.69) is 31.2 Å². The number of aromatic nitrogens is 2. The summed E-state index contributed by atoms with van der Waals surface area (Å²) >= 11 is 6.38. The molecule has 0 aromatic carbocycles. The number of ether oxygens (including phenoxy) is 1. The molecule has 0 saturated heterocycles. The van der Waals surface area contributed by atoms with E-state index in [-0.39, 0.29) is 0 Å². The quantitative estimate of drug-likeness (QED) is 0.747. The Kier molecular flexibility index (Phi) is 6.83. The Labute approximate surface area is 121 Å². The number of nitrogens with zero attached hydrogens (tertiary/aromatic N) is 2. The molecule has 0 bridgehead atoms. The van der Waals surface area contributed by atoms with Crippen LogP contribution in [-0.2, 0) is 24.6 Å². The Morgan fingerprint density at radius 2 is 2.11 bits per heavy atom. The minimum atomic E-state index is 0.422. The van der Waals surface area contributed by atoms with E-state index in [0.29, 0.717) is 12.0 Å². The van der Waals surface area contributed by atoms with Crippen LogP contribution in [-0.4, -0.2) is 36.1 Å². The highest BCUT2D eigenvalue weighted by atomic mass is 35.5. The summed E-state index contributed by atoms with van der Waals surface area (Å²) in [6, 6.07) is 0.422. The maximum Gasteiger partial charge on any atom is 0.0849 e. The number of methoxy groups -OCH3 is 1. The Balaban J connectivity index is 2.61. The van der Waals surface area contributed by atoms with Gasteiger partial charge in [0.05, 0.1) is 23.0 Å². The molecule has 0 aliphatic heterocycles. The van der Waals surface area contributed by atoms with E-state index >= 15 is 0 Å². The molecule has 2 unspecified atom stereocenters. The number of hydrogen-bond donors (Lipinski definition) is 1. The molecule has 0 aliphatic rings. The maximum absolute atomic E-state index is 6.38. The molecule has 1 N–H and O–H groups in total. The molecule has 0 aliphatic carbocycles. The first-order valence-corrected chi connectivity index (χ1v) is 7.31. The van der Waals surface area contributed by atoms with Crippen molar-refractivity contribution >= 4 is 11.6 Å². The van der Waals surface area contributed by atoms with Crippen LogP contribution in [0.3, 0.4) is 0 Å². The number of rotatable bonds is 8. The van der Waals surface area contributed by atoms with Crippen molar-refractivity contribution in [2.24, 2.45) is 13.0 Å².